The van der Waals surface area contributed by atoms with Crippen molar-refractivity contribution in [2.24, 2.45) is 0 Å². The second kappa shape index (κ2) is 5.35. The van der Waals surface area contributed by atoms with Crippen LogP contribution in [0.1, 0.15) is 0 Å². The second-order valence-corrected chi connectivity index (χ2v) is 4.83. The van der Waals surface area contributed by atoms with E-state index in [-0.39, 0.29) is 11.1 Å². The molecule has 0 aliphatic heterocycles. The normalized spacial score (nSPS) is 11.6. The molecule has 4 nitrogen and oxygen atoms in total. The van der Waals surface area contributed by atoms with Crippen LogP contribution in [0.15, 0.2) is 53.3 Å². The van der Waals surface area contributed by atoms with Crippen LogP contribution < -0.4 is 10.3 Å². The Morgan fingerprint density at radius 3 is 2.52 bits per heavy atom. The number of aromatic amines is 1. The molecule has 1 aromatic heterocycles. The van der Waals surface area contributed by atoms with E-state index in [1.54, 1.807) is 30.3 Å². The second-order valence-electron chi connectivity index (χ2n) is 4.83. The predicted molar refractivity (Wildman–Crippen MR) is 78.4 cm³/mol. The standard InChI is InChI=1S/C16H10F3NO3/c17-16(18,19)23-14-8-9(5-6-13(14)21)11-7-10-3-1-2-4-12(10)20-15(11)22/h1-8,21H,(H,20,22). The highest BCUT2D eigenvalue weighted by atomic mass is 19.4. The van der Waals surface area contributed by atoms with Gasteiger partial charge in [0, 0.05) is 11.1 Å². The summed E-state index contributed by atoms with van der Waals surface area (Å²) >= 11 is 0. The minimum atomic E-state index is -4.94. The van der Waals surface area contributed by atoms with Crippen LogP contribution in [0.5, 0.6) is 11.5 Å². The molecule has 0 saturated carbocycles. The summed E-state index contributed by atoms with van der Waals surface area (Å²) in [4.78, 5) is 14.8. The van der Waals surface area contributed by atoms with Gasteiger partial charge in [0.2, 0.25) is 0 Å². The number of benzene rings is 2. The monoisotopic (exact) mass is 321 g/mol. The molecule has 0 aliphatic rings. The Labute approximate surface area is 127 Å². The fourth-order valence-corrected chi connectivity index (χ4v) is 2.25. The van der Waals surface area contributed by atoms with Gasteiger partial charge < -0.3 is 14.8 Å². The number of hydrogen-bond acceptors (Lipinski definition) is 3. The van der Waals surface area contributed by atoms with Gasteiger partial charge >= 0.3 is 6.36 Å². The van der Waals surface area contributed by atoms with Crippen LogP contribution in [0.2, 0.25) is 0 Å². The molecule has 7 heteroatoms. The summed E-state index contributed by atoms with van der Waals surface area (Å²) in [5.41, 5.74) is 0.545. The third-order valence-electron chi connectivity index (χ3n) is 3.25. The number of aromatic nitrogens is 1. The van der Waals surface area contributed by atoms with Crippen molar-refractivity contribution in [3.05, 3.63) is 58.9 Å². The van der Waals surface area contributed by atoms with Crippen LogP contribution in [0.4, 0.5) is 13.2 Å². The van der Waals surface area contributed by atoms with Crippen molar-refractivity contribution in [1.29, 1.82) is 0 Å². The van der Waals surface area contributed by atoms with Crippen LogP contribution in [0.25, 0.3) is 22.0 Å². The minimum absolute atomic E-state index is 0.177. The zero-order valence-corrected chi connectivity index (χ0v) is 11.5. The first-order valence-electron chi connectivity index (χ1n) is 6.55. The summed E-state index contributed by atoms with van der Waals surface area (Å²) in [5.74, 6) is -1.43. The lowest BCUT2D eigenvalue weighted by Crippen LogP contribution is -2.17. The van der Waals surface area contributed by atoms with Crippen LogP contribution in [0, 0.1) is 0 Å². The molecule has 2 aromatic carbocycles. The van der Waals surface area contributed by atoms with Crippen LogP contribution >= 0.6 is 0 Å². The highest BCUT2D eigenvalue weighted by molar-refractivity contribution is 5.83. The van der Waals surface area contributed by atoms with E-state index in [1.807, 2.05) is 0 Å². The van der Waals surface area contributed by atoms with Gasteiger partial charge in [-0.2, -0.15) is 0 Å². The lowest BCUT2D eigenvalue weighted by Gasteiger charge is -2.12. The molecular formula is C16H10F3NO3. The highest BCUT2D eigenvalue weighted by Crippen LogP contribution is 2.34. The molecular weight excluding hydrogens is 311 g/mol. The first-order valence-corrected chi connectivity index (χ1v) is 6.55. The number of nitrogens with one attached hydrogen (secondary N) is 1. The number of phenolic OH excluding ortho intramolecular Hbond substituents is 1. The molecule has 118 valence electrons. The summed E-state index contributed by atoms with van der Waals surface area (Å²) in [6.07, 6.45) is -4.94. The van der Waals surface area contributed by atoms with E-state index in [0.717, 1.165) is 17.5 Å². The molecule has 3 rings (SSSR count). The van der Waals surface area contributed by atoms with Crippen molar-refractivity contribution in [2.75, 3.05) is 0 Å². The van der Waals surface area contributed by atoms with E-state index in [4.69, 9.17) is 0 Å². The molecule has 0 aliphatic carbocycles. The average Bonchev–Trinajstić information content (AvgIpc) is 2.47. The molecule has 0 radical (unpaired) electrons. The van der Waals surface area contributed by atoms with Crippen molar-refractivity contribution in [1.82, 2.24) is 4.98 Å². The van der Waals surface area contributed by atoms with Crippen molar-refractivity contribution in [3.8, 4) is 22.6 Å². The van der Waals surface area contributed by atoms with Gasteiger partial charge in [-0.05, 0) is 35.2 Å². The van der Waals surface area contributed by atoms with Gasteiger partial charge in [0.1, 0.15) is 0 Å². The number of rotatable bonds is 2. The van der Waals surface area contributed by atoms with Crippen LogP contribution in [0.3, 0.4) is 0 Å². The first kappa shape index (κ1) is 15.0. The van der Waals surface area contributed by atoms with Gasteiger partial charge in [-0.25, -0.2) is 0 Å². The number of ether oxygens (including phenoxy) is 1. The van der Waals surface area contributed by atoms with E-state index >= 15 is 0 Å². The Balaban J connectivity index is 2.13. The minimum Gasteiger partial charge on any atom is -0.504 e. The maximum atomic E-state index is 12.3. The number of aromatic hydroxyl groups is 1. The van der Waals surface area contributed by atoms with E-state index in [2.05, 4.69) is 9.72 Å². The van der Waals surface area contributed by atoms with Crippen molar-refractivity contribution < 1.29 is 23.0 Å². The first-order chi connectivity index (χ1) is 10.8. The number of H-pyrrole nitrogens is 1. The number of pyridine rings is 1. The molecule has 3 aromatic rings. The smallest absolute Gasteiger partial charge is 0.504 e. The maximum absolute atomic E-state index is 12.3. The molecule has 0 unspecified atom stereocenters. The van der Waals surface area contributed by atoms with E-state index in [0.29, 0.717) is 5.52 Å². The Kier molecular flexibility index (Phi) is 3.48. The summed E-state index contributed by atoms with van der Waals surface area (Å²) in [5, 5.41) is 10.2. The average molecular weight is 321 g/mol. The lowest BCUT2D eigenvalue weighted by atomic mass is 10.0. The molecule has 0 saturated heterocycles. The largest absolute Gasteiger partial charge is 0.573 e. The van der Waals surface area contributed by atoms with Crippen molar-refractivity contribution in [3.63, 3.8) is 0 Å². The summed E-state index contributed by atoms with van der Waals surface area (Å²) in [6.45, 7) is 0. The third-order valence-corrected chi connectivity index (χ3v) is 3.25. The highest BCUT2D eigenvalue weighted by Gasteiger charge is 2.32. The fraction of sp³-hybridized carbons (Fsp3) is 0.0625. The number of hydrogen-bond donors (Lipinski definition) is 2. The molecule has 23 heavy (non-hydrogen) atoms. The molecule has 0 fully saturated rings. The predicted octanol–water partition coefficient (Wildman–Crippen LogP) is 3.80. The molecule has 0 amide bonds. The Morgan fingerprint density at radius 1 is 1.04 bits per heavy atom. The number of fused-ring (bicyclic) bond motifs is 1. The van der Waals surface area contributed by atoms with Gasteiger partial charge in [0.05, 0.1) is 0 Å². The molecule has 0 atom stereocenters. The number of halogens is 3. The van der Waals surface area contributed by atoms with Gasteiger partial charge in [-0.1, -0.05) is 24.3 Å². The van der Waals surface area contributed by atoms with E-state index in [1.165, 1.54) is 6.07 Å². The van der Waals surface area contributed by atoms with Gasteiger partial charge in [0.15, 0.2) is 11.5 Å². The van der Waals surface area contributed by atoms with E-state index in [9.17, 15) is 23.1 Å². The van der Waals surface area contributed by atoms with E-state index < -0.39 is 23.4 Å². The summed E-state index contributed by atoms with van der Waals surface area (Å²) in [7, 11) is 0. The van der Waals surface area contributed by atoms with Gasteiger partial charge in [0.25, 0.3) is 5.56 Å². The quantitative estimate of drug-likeness (QED) is 0.755. The van der Waals surface area contributed by atoms with Crippen LogP contribution in [-0.2, 0) is 0 Å². The summed E-state index contributed by atoms with van der Waals surface area (Å²) < 4.78 is 40.8. The van der Waals surface area contributed by atoms with Crippen LogP contribution in [-0.4, -0.2) is 16.5 Å². The topological polar surface area (TPSA) is 62.3 Å². The zero-order valence-electron chi connectivity index (χ0n) is 11.5. The number of alkyl halides is 3. The Bertz CT molecular complexity index is 932. The zero-order chi connectivity index (χ0) is 16.6. The van der Waals surface area contributed by atoms with Gasteiger partial charge in [-0.3, -0.25) is 4.79 Å². The van der Waals surface area contributed by atoms with Crippen molar-refractivity contribution >= 4 is 10.9 Å². The third kappa shape index (κ3) is 3.13. The SMILES string of the molecule is O=c1[nH]c2ccccc2cc1-c1ccc(O)c(OC(F)(F)F)c1. The lowest BCUT2D eigenvalue weighted by molar-refractivity contribution is -0.275. The fourth-order valence-electron chi connectivity index (χ4n) is 2.25. The molecule has 0 bridgehead atoms. The molecule has 2 N–H and O–H groups in total. The van der Waals surface area contributed by atoms with Gasteiger partial charge in [-0.15, -0.1) is 13.2 Å². The van der Waals surface area contributed by atoms with Crippen molar-refractivity contribution in [2.45, 2.75) is 6.36 Å². The Hall–Kier alpha value is -2.96. The Morgan fingerprint density at radius 2 is 1.78 bits per heavy atom. The molecule has 0 spiro atoms. The molecule has 1 heterocycles. The number of phenols is 1. The number of para-hydroxylation sites is 1. The summed E-state index contributed by atoms with van der Waals surface area (Å²) in [6, 6.07) is 12.0. The maximum Gasteiger partial charge on any atom is 0.573 e.